The number of nitrogens with one attached hydrogen (secondary N) is 1. The van der Waals surface area contributed by atoms with Gasteiger partial charge in [0.2, 0.25) is 11.7 Å². The molecule has 9 heteroatoms. The van der Waals surface area contributed by atoms with E-state index in [-0.39, 0.29) is 30.2 Å². The van der Waals surface area contributed by atoms with Crippen LogP contribution in [-0.2, 0) is 11.2 Å². The molecule has 1 amide bonds. The third-order valence-electron chi connectivity index (χ3n) is 5.57. The minimum Gasteiger partial charge on any atom is -0.338 e. The molecule has 2 heterocycles. The van der Waals surface area contributed by atoms with Gasteiger partial charge in [-0.05, 0) is 43.0 Å². The molecule has 1 aromatic heterocycles. The minimum atomic E-state index is -0.440. The number of rotatable bonds is 8. The van der Waals surface area contributed by atoms with Crippen LogP contribution in [0.2, 0.25) is 5.02 Å². The van der Waals surface area contributed by atoms with E-state index < -0.39 is 6.04 Å². The molecule has 0 bridgehead atoms. The van der Waals surface area contributed by atoms with Crippen LogP contribution >= 0.6 is 11.6 Å². The van der Waals surface area contributed by atoms with Gasteiger partial charge in [-0.15, -0.1) is 0 Å². The summed E-state index contributed by atoms with van der Waals surface area (Å²) in [6.07, 6.45) is 2.28. The van der Waals surface area contributed by atoms with Gasteiger partial charge in [0.1, 0.15) is 5.82 Å². The predicted molar refractivity (Wildman–Crippen MR) is 121 cm³/mol. The van der Waals surface area contributed by atoms with Gasteiger partial charge in [-0.1, -0.05) is 47.1 Å². The maximum Gasteiger partial charge on any atom is 0.321 e. The molecule has 0 spiro atoms. The van der Waals surface area contributed by atoms with Crippen LogP contribution in [0.5, 0.6) is 0 Å². The molecule has 7 nitrogen and oxygen atoms in total. The molecule has 1 aliphatic heterocycles. The van der Waals surface area contributed by atoms with E-state index >= 15 is 0 Å². The summed E-state index contributed by atoms with van der Waals surface area (Å²) >= 11 is 6.02. The number of halogens is 2. The number of amides is 1. The molecule has 0 saturated carbocycles. The van der Waals surface area contributed by atoms with Crippen molar-refractivity contribution in [3.8, 4) is 11.4 Å². The zero-order valence-corrected chi connectivity index (χ0v) is 18.3. The summed E-state index contributed by atoms with van der Waals surface area (Å²) in [5.41, 5.74) is 7.44. The summed E-state index contributed by atoms with van der Waals surface area (Å²) in [6, 6.07) is 13.6. The maximum atomic E-state index is 13.9. The lowest BCUT2D eigenvalue weighted by atomic mass is 10.0. The van der Waals surface area contributed by atoms with E-state index in [0.29, 0.717) is 35.9 Å². The van der Waals surface area contributed by atoms with E-state index in [0.717, 1.165) is 18.4 Å². The number of aromatic nitrogens is 2. The van der Waals surface area contributed by atoms with E-state index in [9.17, 15) is 9.18 Å². The molecule has 32 heavy (non-hydrogen) atoms. The Morgan fingerprint density at radius 2 is 2.16 bits per heavy atom. The molecule has 1 fully saturated rings. The van der Waals surface area contributed by atoms with Crippen molar-refractivity contribution in [1.29, 1.82) is 0 Å². The van der Waals surface area contributed by atoms with Crippen molar-refractivity contribution in [3.63, 3.8) is 0 Å². The van der Waals surface area contributed by atoms with Crippen molar-refractivity contribution < 1.29 is 13.7 Å². The molecular weight excluding hydrogens is 433 g/mol. The second kappa shape index (κ2) is 10.1. The Morgan fingerprint density at radius 3 is 2.97 bits per heavy atom. The monoisotopic (exact) mass is 457 g/mol. The lowest BCUT2D eigenvalue weighted by Gasteiger charge is -2.26. The first-order valence-electron chi connectivity index (χ1n) is 10.6. The summed E-state index contributed by atoms with van der Waals surface area (Å²) < 4.78 is 19.1. The van der Waals surface area contributed by atoms with Crippen LogP contribution < -0.4 is 11.1 Å². The average Bonchev–Trinajstić information content (AvgIpc) is 3.43. The second-order valence-corrected chi connectivity index (χ2v) is 8.39. The van der Waals surface area contributed by atoms with Gasteiger partial charge in [0, 0.05) is 42.2 Å². The molecule has 2 aromatic carbocycles. The summed E-state index contributed by atoms with van der Waals surface area (Å²) in [5.74, 6) is 0.118. The Morgan fingerprint density at radius 1 is 1.31 bits per heavy atom. The molecule has 3 N–H and O–H groups in total. The van der Waals surface area contributed by atoms with Crippen molar-refractivity contribution in [2.45, 2.75) is 37.8 Å². The van der Waals surface area contributed by atoms with Crippen LogP contribution in [0.1, 0.15) is 24.8 Å². The highest BCUT2D eigenvalue weighted by Crippen LogP contribution is 2.23. The molecule has 2 atom stereocenters. The van der Waals surface area contributed by atoms with E-state index in [2.05, 4.69) is 15.5 Å². The molecule has 0 aliphatic carbocycles. The number of anilines is 1. The fourth-order valence-corrected chi connectivity index (χ4v) is 4.17. The normalized spacial score (nSPS) is 16.8. The standard InChI is InChI=1S/C23H25ClFN5O2/c24-17-7-3-6-16(11-17)22-28-23(32-29-22)27-14-19-8-4-10-30(19)21(31)13-18(26)12-15-5-1-2-9-20(15)25/h1-3,5-7,9,11,18-19H,4,8,10,12-14,26H2,(H,27,28,29)/t18-,19?/m1/s1. The van der Waals surface area contributed by atoms with Gasteiger partial charge >= 0.3 is 6.01 Å². The first-order valence-corrected chi connectivity index (χ1v) is 11.0. The van der Waals surface area contributed by atoms with Crippen molar-refractivity contribution in [2.24, 2.45) is 5.73 Å². The molecule has 0 radical (unpaired) electrons. The van der Waals surface area contributed by atoms with E-state index in [1.54, 1.807) is 30.3 Å². The third kappa shape index (κ3) is 5.44. The predicted octanol–water partition coefficient (Wildman–Crippen LogP) is 3.89. The molecular formula is C23H25ClFN5O2. The number of carbonyl (C=O) groups is 1. The van der Waals surface area contributed by atoms with Crippen molar-refractivity contribution in [1.82, 2.24) is 15.0 Å². The van der Waals surface area contributed by atoms with Gasteiger partial charge in [-0.2, -0.15) is 4.98 Å². The van der Waals surface area contributed by atoms with Gasteiger partial charge in [-0.3, -0.25) is 4.79 Å². The maximum absolute atomic E-state index is 13.9. The number of nitrogens with zero attached hydrogens (tertiary/aromatic N) is 3. The first kappa shape index (κ1) is 22.2. The Bertz CT molecular complexity index is 1080. The highest BCUT2D eigenvalue weighted by molar-refractivity contribution is 6.30. The van der Waals surface area contributed by atoms with Crippen molar-refractivity contribution >= 4 is 23.5 Å². The van der Waals surface area contributed by atoms with Crippen molar-refractivity contribution in [2.75, 3.05) is 18.4 Å². The van der Waals surface area contributed by atoms with Crippen LogP contribution in [0.15, 0.2) is 53.1 Å². The highest BCUT2D eigenvalue weighted by atomic mass is 35.5. The largest absolute Gasteiger partial charge is 0.338 e. The number of carbonyl (C=O) groups excluding carboxylic acids is 1. The lowest BCUT2D eigenvalue weighted by molar-refractivity contribution is -0.132. The molecule has 1 unspecified atom stereocenters. The Hall–Kier alpha value is -2.97. The molecule has 1 saturated heterocycles. The Balaban J connectivity index is 1.31. The van der Waals surface area contributed by atoms with E-state index in [4.69, 9.17) is 21.9 Å². The smallest absolute Gasteiger partial charge is 0.321 e. The third-order valence-corrected chi connectivity index (χ3v) is 5.81. The van der Waals surface area contributed by atoms with Crippen LogP contribution in [0.3, 0.4) is 0 Å². The van der Waals surface area contributed by atoms with E-state index in [1.165, 1.54) is 6.07 Å². The second-order valence-electron chi connectivity index (χ2n) is 7.96. The van der Waals surface area contributed by atoms with Gasteiger partial charge in [0.05, 0.1) is 0 Å². The van der Waals surface area contributed by atoms with E-state index in [1.807, 2.05) is 17.0 Å². The minimum absolute atomic E-state index is 0.00433. The first-order chi connectivity index (χ1) is 15.5. The zero-order valence-electron chi connectivity index (χ0n) is 17.5. The van der Waals surface area contributed by atoms with Crippen LogP contribution in [0.4, 0.5) is 10.4 Å². The topological polar surface area (TPSA) is 97.3 Å². The van der Waals surface area contributed by atoms with Crippen LogP contribution in [0, 0.1) is 5.82 Å². The number of hydrogen-bond donors (Lipinski definition) is 2. The Labute approximate surface area is 190 Å². The highest BCUT2D eigenvalue weighted by Gasteiger charge is 2.29. The SMILES string of the molecule is N[C@@H](CC(=O)N1CCCC1CNc1nc(-c2cccc(Cl)c2)no1)Cc1ccccc1F. The number of likely N-dealkylation sites (tertiary alicyclic amines) is 1. The molecule has 1 aliphatic rings. The molecule has 168 valence electrons. The molecule has 3 aromatic rings. The van der Waals surface area contributed by atoms with Gasteiger partial charge in [0.25, 0.3) is 0 Å². The van der Waals surface area contributed by atoms with Crippen molar-refractivity contribution in [3.05, 3.63) is 64.9 Å². The molecule has 4 rings (SSSR count). The number of nitrogens with two attached hydrogens (primary N) is 1. The summed E-state index contributed by atoms with van der Waals surface area (Å²) in [7, 11) is 0. The quantitative estimate of drug-likeness (QED) is 0.532. The van der Waals surface area contributed by atoms with Gasteiger partial charge in [-0.25, -0.2) is 4.39 Å². The number of hydrogen-bond acceptors (Lipinski definition) is 6. The zero-order chi connectivity index (χ0) is 22.5. The van der Waals surface area contributed by atoms with Gasteiger partial charge in [0.15, 0.2) is 0 Å². The summed E-state index contributed by atoms with van der Waals surface area (Å²) in [6.45, 7) is 1.17. The average molecular weight is 458 g/mol. The van der Waals surface area contributed by atoms with Crippen LogP contribution in [0.25, 0.3) is 11.4 Å². The Kier molecular flexibility index (Phi) is 7.02. The fraction of sp³-hybridized carbons (Fsp3) is 0.348. The lowest BCUT2D eigenvalue weighted by Crippen LogP contribution is -2.42. The van der Waals surface area contributed by atoms with Crippen LogP contribution in [-0.4, -0.2) is 46.1 Å². The van der Waals surface area contributed by atoms with Gasteiger partial charge < -0.3 is 20.5 Å². The number of benzene rings is 2. The fourth-order valence-electron chi connectivity index (χ4n) is 3.98. The summed E-state index contributed by atoms with van der Waals surface area (Å²) in [5, 5.41) is 7.70. The summed E-state index contributed by atoms with van der Waals surface area (Å²) in [4.78, 5) is 19.0.